The lowest BCUT2D eigenvalue weighted by atomic mass is 10.1. The standard InChI is InChI=1S/C12H15NO2Si/c1-16(2,3)5-4-9-6-10(12(14)15)8-11(13)7-9/h6-8H,13H2,1-3H3,(H,14,15). The van der Waals surface area contributed by atoms with Crippen molar-refractivity contribution >= 4 is 19.7 Å². The number of nitrogen functional groups attached to an aromatic ring is 1. The maximum atomic E-state index is 10.8. The Morgan fingerprint density at radius 2 is 1.94 bits per heavy atom. The van der Waals surface area contributed by atoms with E-state index in [-0.39, 0.29) is 5.56 Å². The summed E-state index contributed by atoms with van der Waals surface area (Å²) in [5.41, 5.74) is 10.1. The van der Waals surface area contributed by atoms with E-state index >= 15 is 0 Å². The fourth-order valence-electron chi connectivity index (χ4n) is 1.11. The molecule has 0 fully saturated rings. The van der Waals surface area contributed by atoms with E-state index in [9.17, 15) is 4.79 Å². The van der Waals surface area contributed by atoms with E-state index in [4.69, 9.17) is 10.8 Å². The first-order chi connectivity index (χ1) is 7.28. The van der Waals surface area contributed by atoms with Gasteiger partial charge in [-0.3, -0.25) is 0 Å². The molecule has 0 saturated heterocycles. The van der Waals surface area contributed by atoms with Crippen LogP contribution in [0.1, 0.15) is 15.9 Å². The molecule has 1 aromatic rings. The third-order valence-corrected chi connectivity index (χ3v) is 2.66. The van der Waals surface area contributed by atoms with Gasteiger partial charge in [0.05, 0.1) is 5.56 Å². The van der Waals surface area contributed by atoms with Gasteiger partial charge in [0.15, 0.2) is 0 Å². The zero-order valence-corrected chi connectivity index (χ0v) is 10.7. The predicted octanol–water partition coefficient (Wildman–Crippen LogP) is 2.20. The van der Waals surface area contributed by atoms with Crippen LogP contribution in [0.3, 0.4) is 0 Å². The number of rotatable bonds is 1. The van der Waals surface area contributed by atoms with Crippen LogP contribution in [0, 0.1) is 11.5 Å². The quantitative estimate of drug-likeness (QED) is 0.444. The van der Waals surface area contributed by atoms with Crippen molar-refractivity contribution in [2.75, 3.05) is 5.73 Å². The first-order valence-electron chi connectivity index (χ1n) is 4.95. The van der Waals surface area contributed by atoms with Crippen molar-refractivity contribution in [1.29, 1.82) is 0 Å². The third kappa shape index (κ3) is 3.79. The maximum Gasteiger partial charge on any atom is 0.335 e. The number of carboxylic acid groups (broad SMARTS) is 1. The van der Waals surface area contributed by atoms with Gasteiger partial charge < -0.3 is 10.8 Å². The number of aromatic carboxylic acids is 1. The average molecular weight is 233 g/mol. The van der Waals surface area contributed by atoms with Crippen LogP contribution in [0.5, 0.6) is 0 Å². The van der Waals surface area contributed by atoms with E-state index in [0.29, 0.717) is 11.3 Å². The van der Waals surface area contributed by atoms with Gasteiger partial charge in [0.2, 0.25) is 0 Å². The van der Waals surface area contributed by atoms with Crippen LogP contribution in [0.4, 0.5) is 5.69 Å². The molecular weight excluding hydrogens is 218 g/mol. The van der Waals surface area contributed by atoms with E-state index in [1.807, 2.05) is 0 Å². The predicted molar refractivity (Wildman–Crippen MR) is 68.0 cm³/mol. The molecule has 0 heterocycles. The van der Waals surface area contributed by atoms with E-state index in [1.165, 1.54) is 6.07 Å². The molecule has 0 bridgehead atoms. The van der Waals surface area contributed by atoms with E-state index in [2.05, 4.69) is 31.1 Å². The summed E-state index contributed by atoms with van der Waals surface area (Å²) in [6.07, 6.45) is 0. The molecule has 1 aromatic carbocycles. The van der Waals surface area contributed by atoms with Crippen molar-refractivity contribution in [2.24, 2.45) is 0 Å². The molecule has 84 valence electrons. The van der Waals surface area contributed by atoms with E-state index < -0.39 is 14.0 Å². The highest BCUT2D eigenvalue weighted by molar-refractivity contribution is 6.83. The molecule has 0 amide bonds. The molecule has 3 nitrogen and oxygen atoms in total. The Balaban J connectivity index is 3.14. The van der Waals surface area contributed by atoms with Crippen LogP contribution in [0.25, 0.3) is 0 Å². The van der Waals surface area contributed by atoms with Crippen molar-refractivity contribution < 1.29 is 9.90 Å². The van der Waals surface area contributed by atoms with Gasteiger partial charge in [0.1, 0.15) is 8.07 Å². The van der Waals surface area contributed by atoms with Crippen LogP contribution in [0.2, 0.25) is 19.6 Å². The summed E-state index contributed by atoms with van der Waals surface area (Å²) in [5.74, 6) is 2.01. The number of anilines is 1. The van der Waals surface area contributed by atoms with Crippen molar-refractivity contribution in [3.63, 3.8) is 0 Å². The third-order valence-electron chi connectivity index (χ3n) is 1.78. The van der Waals surface area contributed by atoms with Crippen LogP contribution in [-0.4, -0.2) is 19.1 Å². The minimum absolute atomic E-state index is 0.180. The largest absolute Gasteiger partial charge is 0.478 e. The summed E-state index contributed by atoms with van der Waals surface area (Å²) < 4.78 is 0. The first kappa shape index (κ1) is 12.3. The van der Waals surface area contributed by atoms with Crippen molar-refractivity contribution in [3.05, 3.63) is 29.3 Å². The monoisotopic (exact) mass is 233 g/mol. The molecule has 0 atom stereocenters. The maximum absolute atomic E-state index is 10.8. The molecule has 3 N–H and O–H groups in total. The zero-order valence-electron chi connectivity index (χ0n) is 9.66. The SMILES string of the molecule is C[Si](C)(C)C#Cc1cc(N)cc(C(=O)O)c1. The molecule has 0 aliphatic heterocycles. The molecule has 0 unspecified atom stereocenters. The Kier molecular flexibility index (Phi) is 3.40. The molecule has 0 aliphatic carbocycles. The molecule has 0 saturated carbocycles. The summed E-state index contributed by atoms with van der Waals surface area (Å²) in [5, 5.41) is 8.87. The Labute approximate surface area is 96.3 Å². The van der Waals surface area contributed by atoms with E-state index in [0.717, 1.165) is 0 Å². The Hall–Kier alpha value is -1.73. The highest BCUT2D eigenvalue weighted by Crippen LogP contribution is 2.11. The normalized spacial score (nSPS) is 10.4. The molecule has 4 heteroatoms. The molecule has 0 spiro atoms. The second kappa shape index (κ2) is 4.41. The van der Waals surface area contributed by atoms with Crippen molar-refractivity contribution in [3.8, 4) is 11.5 Å². The van der Waals surface area contributed by atoms with Gasteiger partial charge >= 0.3 is 5.97 Å². The second-order valence-electron chi connectivity index (χ2n) is 4.65. The number of nitrogens with two attached hydrogens (primary N) is 1. The van der Waals surface area contributed by atoms with Gasteiger partial charge in [0, 0.05) is 11.3 Å². The lowest BCUT2D eigenvalue weighted by Crippen LogP contribution is -2.16. The van der Waals surface area contributed by atoms with Gasteiger partial charge in [-0.2, -0.15) is 0 Å². The fraction of sp³-hybridized carbons (Fsp3) is 0.250. The van der Waals surface area contributed by atoms with Crippen LogP contribution >= 0.6 is 0 Å². The van der Waals surface area contributed by atoms with Gasteiger partial charge in [-0.25, -0.2) is 4.79 Å². The van der Waals surface area contributed by atoms with Crippen molar-refractivity contribution in [1.82, 2.24) is 0 Å². The number of carboxylic acids is 1. The summed E-state index contributed by atoms with van der Waals surface area (Å²) in [4.78, 5) is 10.8. The number of carbonyl (C=O) groups is 1. The fourth-order valence-corrected chi connectivity index (χ4v) is 1.63. The summed E-state index contributed by atoms with van der Waals surface area (Å²) in [7, 11) is -1.45. The molecule has 0 aromatic heterocycles. The van der Waals surface area contributed by atoms with Crippen LogP contribution in [0.15, 0.2) is 18.2 Å². The number of hydrogen-bond acceptors (Lipinski definition) is 2. The highest BCUT2D eigenvalue weighted by atomic mass is 28.3. The number of hydrogen-bond donors (Lipinski definition) is 2. The molecule has 0 radical (unpaired) electrons. The lowest BCUT2D eigenvalue weighted by molar-refractivity contribution is 0.0697. The lowest BCUT2D eigenvalue weighted by Gasteiger charge is -2.04. The zero-order chi connectivity index (χ0) is 12.3. The highest BCUT2D eigenvalue weighted by Gasteiger charge is 2.08. The van der Waals surface area contributed by atoms with Gasteiger partial charge in [-0.15, -0.1) is 5.54 Å². The minimum atomic E-state index is -1.45. The van der Waals surface area contributed by atoms with Gasteiger partial charge in [-0.1, -0.05) is 25.6 Å². The van der Waals surface area contributed by atoms with Crippen LogP contribution < -0.4 is 5.73 Å². The van der Waals surface area contributed by atoms with Gasteiger partial charge in [-0.05, 0) is 18.2 Å². The summed E-state index contributed by atoms with van der Waals surface area (Å²) in [6, 6.07) is 4.67. The first-order valence-corrected chi connectivity index (χ1v) is 8.45. The Bertz CT molecular complexity index is 478. The smallest absolute Gasteiger partial charge is 0.335 e. The van der Waals surface area contributed by atoms with Gasteiger partial charge in [0.25, 0.3) is 0 Å². The number of benzene rings is 1. The average Bonchev–Trinajstić information content (AvgIpc) is 2.13. The Morgan fingerprint density at radius 3 is 2.44 bits per heavy atom. The Morgan fingerprint density at radius 1 is 1.31 bits per heavy atom. The molecular formula is C12H15NO2Si. The summed E-state index contributed by atoms with van der Waals surface area (Å²) in [6.45, 7) is 6.39. The molecule has 16 heavy (non-hydrogen) atoms. The topological polar surface area (TPSA) is 63.3 Å². The van der Waals surface area contributed by atoms with E-state index in [1.54, 1.807) is 12.1 Å². The second-order valence-corrected chi connectivity index (χ2v) is 9.40. The van der Waals surface area contributed by atoms with Crippen LogP contribution in [-0.2, 0) is 0 Å². The minimum Gasteiger partial charge on any atom is -0.478 e. The molecule has 1 rings (SSSR count). The molecule has 0 aliphatic rings. The van der Waals surface area contributed by atoms with Crippen molar-refractivity contribution in [2.45, 2.75) is 19.6 Å². The summed E-state index contributed by atoms with van der Waals surface area (Å²) >= 11 is 0.